The molecule has 0 saturated heterocycles. The molecule has 1 N–H and O–H groups in total. The topological polar surface area (TPSA) is 80.6 Å². The second-order valence-electron chi connectivity index (χ2n) is 7.31. The van der Waals surface area contributed by atoms with Gasteiger partial charge in [-0.25, -0.2) is 0 Å². The molecular formula is C27H25IN2O4. The average molecular weight is 568 g/mol. The number of amides is 1. The van der Waals surface area contributed by atoms with Crippen molar-refractivity contribution in [1.82, 2.24) is 0 Å². The van der Waals surface area contributed by atoms with Crippen molar-refractivity contribution in [2.45, 2.75) is 20.0 Å². The number of hydrogen-bond donors (Lipinski definition) is 1. The van der Waals surface area contributed by atoms with Crippen LogP contribution in [0.3, 0.4) is 0 Å². The van der Waals surface area contributed by atoms with Gasteiger partial charge in [-0.05, 0) is 82.6 Å². The van der Waals surface area contributed by atoms with Crippen molar-refractivity contribution in [2.75, 3.05) is 19.0 Å². The molecular weight excluding hydrogens is 543 g/mol. The molecule has 0 aliphatic heterocycles. The highest BCUT2D eigenvalue weighted by atomic mass is 127. The summed E-state index contributed by atoms with van der Waals surface area (Å²) in [5, 5.41) is 12.3. The largest absolute Gasteiger partial charge is 0.493 e. The van der Waals surface area contributed by atoms with Crippen molar-refractivity contribution in [3.8, 4) is 23.3 Å². The van der Waals surface area contributed by atoms with Gasteiger partial charge in [0.15, 0.2) is 11.5 Å². The summed E-state index contributed by atoms with van der Waals surface area (Å²) in [5.41, 5.74) is 2.28. The molecule has 0 unspecified atom stereocenters. The number of nitriles is 1. The van der Waals surface area contributed by atoms with Gasteiger partial charge >= 0.3 is 0 Å². The first-order valence-electron chi connectivity index (χ1n) is 10.7. The number of nitrogens with zero attached hydrogens (tertiary/aromatic N) is 1. The van der Waals surface area contributed by atoms with Gasteiger partial charge in [0.1, 0.15) is 24.0 Å². The number of ether oxygens (including phenoxy) is 3. The number of carbonyl (C=O) groups excluding carboxylic acids is 1. The minimum Gasteiger partial charge on any atom is -0.493 e. The Balaban J connectivity index is 1.68. The third-order valence-electron chi connectivity index (χ3n) is 4.74. The molecule has 3 aromatic carbocycles. The molecule has 0 radical (unpaired) electrons. The maximum atomic E-state index is 12.7. The Hall–Kier alpha value is -3.51. The second-order valence-corrected chi connectivity index (χ2v) is 8.47. The minimum absolute atomic E-state index is 0.0236. The van der Waals surface area contributed by atoms with Crippen LogP contribution in [0.5, 0.6) is 17.2 Å². The number of carbonyl (C=O) groups is 1. The lowest BCUT2D eigenvalue weighted by Crippen LogP contribution is -2.13. The molecule has 0 saturated carbocycles. The van der Waals surface area contributed by atoms with E-state index in [0.29, 0.717) is 41.7 Å². The zero-order valence-electron chi connectivity index (χ0n) is 19.0. The number of methoxy groups -OCH3 is 1. The van der Waals surface area contributed by atoms with Gasteiger partial charge in [0.25, 0.3) is 5.91 Å². The summed E-state index contributed by atoms with van der Waals surface area (Å²) < 4.78 is 17.8. The quantitative estimate of drug-likeness (QED) is 0.179. The van der Waals surface area contributed by atoms with Crippen LogP contribution in [-0.4, -0.2) is 19.6 Å². The Kier molecular flexibility index (Phi) is 9.35. The summed E-state index contributed by atoms with van der Waals surface area (Å²) in [6.45, 7) is 3.06. The average Bonchev–Trinajstić information content (AvgIpc) is 2.86. The fraction of sp³-hybridized carbons (Fsp3) is 0.185. The fourth-order valence-electron chi connectivity index (χ4n) is 3.06. The maximum Gasteiger partial charge on any atom is 0.266 e. The second kappa shape index (κ2) is 12.7. The first-order valence-corrected chi connectivity index (χ1v) is 11.8. The summed E-state index contributed by atoms with van der Waals surface area (Å²) in [7, 11) is 1.56. The lowest BCUT2D eigenvalue weighted by molar-refractivity contribution is -0.112. The molecule has 0 aromatic heterocycles. The molecule has 0 aliphatic carbocycles. The molecule has 3 aromatic rings. The minimum atomic E-state index is -0.499. The van der Waals surface area contributed by atoms with Gasteiger partial charge in [-0.3, -0.25) is 4.79 Å². The van der Waals surface area contributed by atoms with Gasteiger partial charge in [0.2, 0.25) is 0 Å². The number of halogens is 1. The molecule has 0 atom stereocenters. The number of nitrogens with one attached hydrogen (secondary N) is 1. The van der Waals surface area contributed by atoms with Crippen LogP contribution in [-0.2, 0) is 11.4 Å². The van der Waals surface area contributed by atoms with E-state index in [4.69, 9.17) is 14.2 Å². The van der Waals surface area contributed by atoms with Gasteiger partial charge in [0.05, 0.1) is 17.3 Å². The monoisotopic (exact) mass is 568 g/mol. The lowest BCUT2D eigenvalue weighted by Gasteiger charge is -2.13. The highest BCUT2D eigenvalue weighted by molar-refractivity contribution is 14.1. The Labute approximate surface area is 213 Å². The van der Waals surface area contributed by atoms with E-state index >= 15 is 0 Å². The predicted molar refractivity (Wildman–Crippen MR) is 141 cm³/mol. The summed E-state index contributed by atoms with van der Waals surface area (Å²) in [6.07, 6.45) is 2.40. The van der Waals surface area contributed by atoms with E-state index in [1.807, 2.05) is 49.4 Å². The van der Waals surface area contributed by atoms with Crippen molar-refractivity contribution in [2.24, 2.45) is 0 Å². The standard InChI is InChI=1S/C27H25IN2O4/c1-3-13-33-26-24(28)15-20(16-25(26)32-2)14-21(17-29)27(31)30-22-9-11-23(12-10-22)34-18-19-7-5-4-6-8-19/h4-12,14-16H,3,13,18H2,1-2H3,(H,30,31)/b21-14+. The summed E-state index contributed by atoms with van der Waals surface area (Å²) in [5.74, 6) is 1.39. The van der Waals surface area contributed by atoms with E-state index in [-0.39, 0.29) is 5.57 Å². The van der Waals surface area contributed by atoms with Crippen molar-refractivity contribution in [3.05, 3.63) is 87.0 Å². The van der Waals surface area contributed by atoms with Crippen LogP contribution in [0.15, 0.2) is 72.3 Å². The van der Waals surface area contributed by atoms with E-state index in [1.54, 1.807) is 37.4 Å². The van der Waals surface area contributed by atoms with Crippen LogP contribution in [0.4, 0.5) is 5.69 Å². The molecule has 6 nitrogen and oxygen atoms in total. The summed E-state index contributed by atoms with van der Waals surface area (Å²) in [4.78, 5) is 12.7. The Morgan fingerprint density at radius 3 is 2.47 bits per heavy atom. The lowest BCUT2D eigenvalue weighted by atomic mass is 10.1. The molecule has 0 spiro atoms. The number of benzene rings is 3. The highest BCUT2D eigenvalue weighted by Gasteiger charge is 2.14. The van der Waals surface area contributed by atoms with Crippen LogP contribution in [0, 0.1) is 14.9 Å². The van der Waals surface area contributed by atoms with E-state index in [1.165, 1.54) is 6.08 Å². The van der Waals surface area contributed by atoms with Gasteiger partial charge in [-0.2, -0.15) is 5.26 Å². The Morgan fingerprint density at radius 2 is 1.82 bits per heavy atom. The number of hydrogen-bond acceptors (Lipinski definition) is 5. The van der Waals surface area contributed by atoms with E-state index in [2.05, 4.69) is 27.9 Å². The smallest absolute Gasteiger partial charge is 0.266 e. The molecule has 34 heavy (non-hydrogen) atoms. The van der Waals surface area contributed by atoms with Crippen LogP contribution in [0.1, 0.15) is 24.5 Å². The molecule has 7 heteroatoms. The number of anilines is 1. The third kappa shape index (κ3) is 6.99. The molecule has 3 rings (SSSR count). The van der Waals surface area contributed by atoms with E-state index in [0.717, 1.165) is 15.6 Å². The third-order valence-corrected chi connectivity index (χ3v) is 5.54. The Bertz CT molecular complexity index is 1190. The Morgan fingerprint density at radius 1 is 1.09 bits per heavy atom. The van der Waals surface area contributed by atoms with E-state index < -0.39 is 5.91 Å². The van der Waals surface area contributed by atoms with Crippen molar-refractivity contribution in [1.29, 1.82) is 5.26 Å². The number of rotatable bonds is 10. The molecule has 0 aliphatic rings. The molecule has 0 bridgehead atoms. The molecule has 1 amide bonds. The van der Waals surface area contributed by atoms with Gasteiger partial charge in [0, 0.05) is 5.69 Å². The molecule has 174 valence electrons. The molecule has 0 fully saturated rings. The summed E-state index contributed by atoms with van der Waals surface area (Å²) >= 11 is 2.15. The van der Waals surface area contributed by atoms with Crippen molar-refractivity contribution in [3.63, 3.8) is 0 Å². The van der Waals surface area contributed by atoms with Crippen LogP contribution >= 0.6 is 22.6 Å². The fourth-order valence-corrected chi connectivity index (χ4v) is 3.84. The summed E-state index contributed by atoms with van der Waals surface area (Å²) in [6, 6.07) is 22.5. The van der Waals surface area contributed by atoms with Gasteiger partial charge < -0.3 is 19.5 Å². The zero-order valence-corrected chi connectivity index (χ0v) is 21.2. The zero-order chi connectivity index (χ0) is 24.3. The van der Waals surface area contributed by atoms with Crippen molar-refractivity contribution >= 4 is 40.3 Å². The normalized spacial score (nSPS) is 10.8. The first-order chi connectivity index (χ1) is 16.5. The maximum absolute atomic E-state index is 12.7. The SMILES string of the molecule is CCCOc1c(I)cc(/C=C(\C#N)C(=O)Nc2ccc(OCc3ccccc3)cc2)cc1OC. The highest BCUT2D eigenvalue weighted by Crippen LogP contribution is 2.34. The van der Waals surface area contributed by atoms with E-state index in [9.17, 15) is 10.1 Å². The van der Waals surface area contributed by atoms with Crippen LogP contribution in [0.25, 0.3) is 6.08 Å². The predicted octanol–water partition coefficient (Wildman–Crippen LogP) is 6.21. The van der Waals surface area contributed by atoms with Gasteiger partial charge in [-0.15, -0.1) is 0 Å². The van der Waals surface area contributed by atoms with Gasteiger partial charge in [-0.1, -0.05) is 37.3 Å². The first kappa shape index (κ1) is 25.1. The van der Waals surface area contributed by atoms with Crippen LogP contribution < -0.4 is 19.5 Å². The van der Waals surface area contributed by atoms with Crippen molar-refractivity contribution < 1.29 is 19.0 Å². The van der Waals surface area contributed by atoms with Crippen LogP contribution in [0.2, 0.25) is 0 Å². The molecule has 0 heterocycles.